The summed E-state index contributed by atoms with van der Waals surface area (Å²) >= 11 is 9.18. The molecule has 1 aliphatic rings. The Kier molecular flexibility index (Phi) is 6.09. The van der Waals surface area contributed by atoms with Gasteiger partial charge >= 0.3 is 0 Å². The number of halogens is 1. The highest BCUT2D eigenvalue weighted by Crippen LogP contribution is 2.35. The van der Waals surface area contributed by atoms with Crippen LogP contribution in [0.15, 0.2) is 92.5 Å². The molecule has 0 saturated carbocycles. The monoisotopic (exact) mass is 436 g/mol. The molecule has 0 bridgehead atoms. The van der Waals surface area contributed by atoms with E-state index in [4.69, 9.17) is 11.6 Å². The first-order valence-corrected chi connectivity index (χ1v) is 11.0. The second-order valence-electron chi connectivity index (χ2n) is 6.32. The minimum atomic E-state index is -0.145. The first kappa shape index (κ1) is 19.8. The van der Waals surface area contributed by atoms with Gasteiger partial charge in [-0.1, -0.05) is 65.8 Å². The van der Waals surface area contributed by atoms with Crippen molar-refractivity contribution in [2.45, 2.75) is 16.7 Å². The summed E-state index contributed by atoms with van der Waals surface area (Å²) in [6, 6.07) is 23.8. The molecule has 0 aliphatic carbocycles. The molecule has 0 atom stereocenters. The zero-order valence-corrected chi connectivity index (χ0v) is 17.9. The number of hydrogen-bond acceptors (Lipinski definition) is 4. The van der Waals surface area contributed by atoms with Gasteiger partial charge in [-0.25, -0.2) is 4.99 Å². The van der Waals surface area contributed by atoms with Crippen LogP contribution >= 0.6 is 35.1 Å². The molecule has 1 N–H and O–H groups in total. The molecule has 0 unspecified atom stereocenters. The molecule has 1 saturated heterocycles. The third-order valence-corrected chi connectivity index (χ3v) is 6.71. The highest BCUT2D eigenvalue weighted by molar-refractivity contribution is 8.18. The summed E-state index contributed by atoms with van der Waals surface area (Å²) < 4.78 is 0. The molecule has 144 valence electrons. The summed E-state index contributed by atoms with van der Waals surface area (Å²) in [5.41, 5.74) is 2.64. The van der Waals surface area contributed by atoms with Gasteiger partial charge < -0.3 is 5.32 Å². The Morgan fingerprint density at radius 3 is 2.59 bits per heavy atom. The number of amidine groups is 1. The Morgan fingerprint density at radius 2 is 1.76 bits per heavy atom. The average Bonchev–Trinajstić information content (AvgIpc) is 3.07. The highest BCUT2D eigenvalue weighted by atomic mass is 35.5. The number of carbonyl (C=O) groups is 1. The first-order valence-electron chi connectivity index (χ1n) is 8.97. The number of benzene rings is 3. The molecule has 1 aliphatic heterocycles. The van der Waals surface area contributed by atoms with E-state index < -0.39 is 0 Å². The number of hydrogen-bond donors (Lipinski definition) is 1. The van der Waals surface area contributed by atoms with Crippen LogP contribution in [0.1, 0.15) is 11.1 Å². The zero-order chi connectivity index (χ0) is 20.2. The average molecular weight is 437 g/mol. The Morgan fingerprint density at radius 1 is 1.00 bits per heavy atom. The Labute approximate surface area is 183 Å². The molecule has 3 nitrogen and oxygen atoms in total. The minimum Gasteiger partial charge on any atom is -0.300 e. The summed E-state index contributed by atoms with van der Waals surface area (Å²) in [5.74, 6) is -0.145. The van der Waals surface area contributed by atoms with Crippen molar-refractivity contribution < 1.29 is 4.79 Å². The molecule has 1 heterocycles. The highest BCUT2D eigenvalue weighted by Gasteiger charge is 2.24. The van der Waals surface area contributed by atoms with Crippen LogP contribution in [0, 0.1) is 6.92 Å². The summed E-state index contributed by atoms with van der Waals surface area (Å²) in [6.07, 6.45) is 1.92. The number of aliphatic imine (C=N–C) groups is 1. The third-order valence-electron chi connectivity index (χ3n) is 4.29. The van der Waals surface area contributed by atoms with E-state index in [9.17, 15) is 4.79 Å². The lowest BCUT2D eigenvalue weighted by atomic mass is 10.2. The number of thioether (sulfide) groups is 1. The van der Waals surface area contributed by atoms with Crippen LogP contribution in [0.5, 0.6) is 0 Å². The summed E-state index contributed by atoms with van der Waals surface area (Å²) in [6.45, 7) is 1.91. The molecule has 3 aromatic rings. The van der Waals surface area contributed by atoms with Gasteiger partial charge in [-0.05, 0) is 66.2 Å². The van der Waals surface area contributed by atoms with Gasteiger partial charge in [-0.3, -0.25) is 4.79 Å². The van der Waals surface area contributed by atoms with E-state index >= 15 is 0 Å². The van der Waals surface area contributed by atoms with Gasteiger partial charge in [0.1, 0.15) is 0 Å². The quantitative estimate of drug-likeness (QED) is 0.463. The fraction of sp³-hybridized carbons (Fsp3) is 0.0435. The predicted molar refractivity (Wildman–Crippen MR) is 124 cm³/mol. The van der Waals surface area contributed by atoms with E-state index in [-0.39, 0.29) is 5.91 Å². The van der Waals surface area contributed by atoms with Crippen molar-refractivity contribution in [3.8, 4) is 0 Å². The topological polar surface area (TPSA) is 41.5 Å². The second kappa shape index (κ2) is 8.91. The molecule has 0 spiro atoms. The fourth-order valence-electron chi connectivity index (χ4n) is 2.76. The minimum absolute atomic E-state index is 0.145. The molecule has 4 rings (SSSR count). The largest absolute Gasteiger partial charge is 0.300 e. The van der Waals surface area contributed by atoms with Crippen LogP contribution in [0.2, 0.25) is 5.02 Å². The summed E-state index contributed by atoms with van der Waals surface area (Å²) in [5, 5.41) is 4.06. The van der Waals surface area contributed by atoms with Gasteiger partial charge in [-0.2, -0.15) is 0 Å². The van der Waals surface area contributed by atoms with Crippen LogP contribution in [-0.4, -0.2) is 11.1 Å². The fourth-order valence-corrected chi connectivity index (χ4v) is 4.69. The van der Waals surface area contributed by atoms with Crippen molar-refractivity contribution >= 4 is 58.0 Å². The second-order valence-corrected chi connectivity index (χ2v) is 8.87. The Bertz CT molecular complexity index is 1130. The Hall–Kier alpha value is -2.47. The van der Waals surface area contributed by atoms with Crippen molar-refractivity contribution in [2.75, 3.05) is 0 Å². The third kappa shape index (κ3) is 4.75. The maximum absolute atomic E-state index is 12.5. The van der Waals surface area contributed by atoms with E-state index in [2.05, 4.69) is 28.5 Å². The summed E-state index contributed by atoms with van der Waals surface area (Å²) in [4.78, 5) is 19.9. The van der Waals surface area contributed by atoms with Crippen LogP contribution < -0.4 is 5.32 Å². The van der Waals surface area contributed by atoms with E-state index in [1.54, 1.807) is 11.8 Å². The predicted octanol–water partition coefficient (Wildman–Crippen LogP) is 6.69. The molecule has 3 aromatic carbocycles. The van der Waals surface area contributed by atoms with Crippen LogP contribution in [0.4, 0.5) is 5.69 Å². The maximum Gasteiger partial charge on any atom is 0.264 e. The van der Waals surface area contributed by atoms with Crippen molar-refractivity contribution in [2.24, 2.45) is 4.99 Å². The van der Waals surface area contributed by atoms with E-state index in [0.717, 1.165) is 26.6 Å². The number of amides is 1. The van der Waals surface area contributed by atoms with Gasteiger partial charge in [-0.15, -0.1) is 0 Å². The van der Waals surface area contributed by atoms with E-state index in [0.29, 0.717) is 15.1 Å². The maximum atomic E-state index is 12.5. The van der Waals surface area contributed by atoms with Gasteiger partial charge in [0.25, 0.3) is 5.91 Å². The van der Waals surface area contributed by atoms with Crippen molar-refractivity contribution in [3.05, 3.63) is 93.9 Å². The molecule has 0 aromatic heterocycles. The smallest absolute Gasteiger partial charge is 0.264 e. The molecule has 29 heavy (non-hydrogen) atoms. The number of rotatable bonds is 4. The van der Waals surface area contributed by atoms with Crippen molar-refractivity contribution in [1.82, 2.24) is 5.32 Å². The van der Waals surface area contributed by atoms with Gasteiger partial charge in [0.15, 0.2) is 5.17 Å². The van der Waals surface area contributed by atoms with Gasteiger partial charge in [0, 0.05) is 14.8 Å². The first-order chi connectivity index (χ1) is 14.1. The Balaban J connectivity index is 1.60. The lowest BCUT2D eigenvalue weighted by molar-refractivity contribution is -0.115. The van der Waals surface area contributed by atoms with Crippen molar-refractivity contribution in [1.29, 1.82) is 0 Å². The molecular weight excluding hydrogens is 420 g/mol. The summed E-state index contributed by atoms with van der Waals surface area (Å²) in [7, 11) is 0. The molecule has 0 radical (unpaired) electrons. The molecule has 1 fully saturated rings. The SMILES string of the molecule is Cc1c(Cl)cccc1N=C1NC(=O)/C(=C/c2ccccc2Sc2ccccc2)S1. The van der Waals surface area contributed by atoms with Crippen LogP contribution in [0.3, 0.4) is 0 Å². The van der Waals surface area contributed by atoms with Gasteiger partial charge in [0.05, 0.1) is 10.6 Å². The molecule has 1 amide bonds. The van der Waals surface area contributed by atoms with Crippen LogP contribution in [-0.2, 0) is 4.79 Å². The number of nitrogens with zero attached hydrogens (tertiary/aromatic N) is 1. The van der Waals surface area contributed by atoms with Crippen molar-refractivity contribution in [3.63, 3.8) is 0 Å². The lowest BCUT2D eigenvalue weighted by Crippen LogP contribution is -2.19. The normalized spacial score (nSPS) is 16.4. The van der Waals surface area contributed by atoms with Crippen LogP contribution in [0.25, 0.3) is 6.08 Å². The standard InChI is InChI=1S/C23H17ClN2OS2/c1-15-18(24)11-7-12-19(15)25-23-26-22(27)21(29-23)14-16-8-5-6-13-20(16)28-17-9-3-2-4-10-17/h2-14H,1H3,(H,25,26,27)/b21-14-. The molecular formula is C23H17ClN2OS2. The lowest BCUT2D eigenvalue weighted by Gasteiger charge is -2.06. The molecule has 6 heteroatoms. The van der Waals surface area contributed by atoms with E-state index in [1.807, 2.05) is 67.6 Å². The number of nitrogens with one attached hydrogen (secondary N) is 1. The van der Waals surface area contributed by atoms with E-state index in [1.165, 1.54) is 11.8 Å². The zero-order valence-electron chi connectivity index (χ0n) is 15.6. The van der Waals surface area contributed by atoms with Gasteiger partial charge in [0.2, 0.25) is 0 Å². The number of carbonyl (C=O) groups excluding carboxylic acids is 1.